The van der Waals surface area contributed by atoms with E-state index in [2.05, 4.69) is 27.8 Å². The minimum absolute atomic E-state index is 0.747. The lowest BCUT2D eigenvalue weighted by molar-refractivity contribution is 0.607. The normalized spacial score (nSPS) is 10.4. The van der Waals surface area contributed by atoms with Crippen LogP contribution in [0, 0.1) is 0 Å². The SMILES string of the molecule is CCCNCc1nnnn1C. The largest absolute Gasteiger partial charge is 0.310 e. The van der Waals surface area contributed by atoms with E-state index in [1.807, 2.05) is 7.05 Å². The van der Waals surface area contributed by atoms with Crippen molar-refractivity contribution in [3.63, 3.8) is 0 Å². The third-order valence-corrected chi connectivity index (χ3v) is 1.42. The Labute approximate surface area is 65.8 Å². The molecule has 1 rings (SSSR count). The molecule has 0 aliphatic heterocycles. The van der Waals surface area contributed by atoms with Gasteiger partial charge in [0.05, 0.1) is 6.54 Å². The van der Waals surface area contributed by atoms with E-state index >= 15 is 0 Å². The van der Waals surface area contributed by atoms with Gasteiger partial charge in [-0.3, -0.25) is 0 Å². The predicted molar refractivity (Wildman–Crippen MR) is 40.8 cm³/mol. The van der Waals surface area contributed by atoms with Gasteiger partial charge in [0, 0.05) is 7.05 Å². The van der Waals surface area contributed by atoms with Gasteiger partial charge in [-0.15, -0.1) is 5.10 Å². The maximum atomic E-state index is 3.83. The fourth-order valence-electron chi connectivity index (χ4n) is 0.775. The van der Waals surface area contributed by atoms with Gasteiger partial charge in [-0.2, -0.15) is 0 Å². The van der Waals surface area contributed by atoms with E-state index in [9.17, 15) is 0 Å². The summed E-state index contributed by atoms with van der Waals surface area (Å²) in [5, 5.41) is 14.3. The van der Waals surface area contributed by atoms with Crippen LogP contribution < -0.4 is 5.32 Å². The third kappa shape index (κ3) is 2.27. The lowest BCUT2D eigenvalue weighted by atomic mass is 10.4. The standard InChI is InChI=1S/C6H13N5/c1-3-4-7-5-6-8-9-10-11(6)2/h7H,3-5H2,1-2H3. The second-order valence-corrected chi connectivity index (χ2v) is 2.40. The molecule has 11 heavy (non-hydrogen) atoms. The molecule has 0 aliphatic carbocycles. The summed E-state index contributed by atoms with van der Waals surface area (Å²) < 4.78 is 1.67. The van der Waals surface area contributed by atoms with Crippen LogP contribution in [0.5, 0.6) is 0 Å². The second kappa shape index (κ2) is 4.02. The van der Waals surface area contributed by atoms with Crippen molar-refractivity contribution in [2.24, 2.45) is 7.05 Å². The maximum absolute atomic E-state index is 3.83. The van der Waals surface area contributed by atoms with E-state index in [0.29, 0.717) is 0 Å². The summed E-state index contributed by atoms with van der Waals surface area (Å²) in [6.07, 6.45) is 1.13. The van der Waals surface area contributed by atoms with Crippen molar-refractivity contribution in [3.05, 3.63) is 5.82 Å². The summed E-state index contributed by atoms with van der Waals surface area (Å²) in [6.45, 7) is 3.88. The number of nitrogens with one attached hydrogen (secondary N) is 1. The predicted octanol–water partition coefficient (Wildman–Crippen LogP) is -0.290. The summed E-state index contributed by atoms with van der Waals surface area (Å²) in [7, 11) is 1.84. The Morgan fingerprint density at radius 3 is 2.91 bits per heavy atom. The highest BCUT2D eigenvalue weighted by atomic mass is 15.5. The Bertz CT molecular complexity index is 206. The molecule has 1 aromatic heterocycles. The first kappa shape index (κ1) is 8.13. The molecule has 0 fully saturated rings. The highest BCUT2D eigenvalue weighted by Crippen LogP contribution is 1.86. The third-order valence-electron chi connectivity index (χ3n) is 1.42. The molecule has 0 spiro atoms. The van der Waals surface area contributed by atoms with Gasteiger partial charge in [0.1, 0.15) is 0 Å². The molecule has 0 amide bonds. The van der Waals surface area contributed by atoms with Crippen molar-refractivity contribution in [1.82, 2.24) is 25.5 Å². The summed E-state index contributed by atoms with van der Waals surface area (Å²) in [5.74, 6) is 0.874. The minimum atomic E-state index is 0.747. The van der Waals surface area contributed by atoms with Crippen LogP contribution in [0.15, 0.2) is 0 Å². The van der Waals surface area contributed by atoms with Crippen LogP contribution >= 0.6 is 0 Å². The molecule has 0 atom stereocenters. The molecule has 1 N–H and O–H groups in total. The van der Waals surface area contributed by atoms with Crippen molar-refractivity contribution < 1.29 is 0 Å². The number of aryl methyl sites for hydroxylation is 1. The van der Waals surface area contributed by atoms with Crippen molar-refractivity contribution in [2.45, 2.75) is 19.9 Å². The van der Waals surface area contributed by atoms with Crippen LogP contribution in [0.3, 0.4) is 0 Å². The number of aromatic nitrogens is 4. The second-order valence-electron chi connectivity index (χ2n) is 2.40. The van der Waals surface area contributed by atoms with Gasteiger partial charge in [-0.05, 0) is 23.4 Å². The van der Waals surface area contributed by atoms with E-state index in [0.717, 1.165) is 25.3 Å². The molecule has 1 aromatic rings. The molecule has 5 heteroatoms. The van der Waals surface area contributed by atoms with Gasteiger partial charge in [-0.25, -0.2) is 4.68 Å². The number of hydrogen-bond donors (Lipinski definition) is 1. The summed E-state index contributed by atoms with van der Waals surface area (Å²) >= 11 is 0. The molecule has 0 saturated heterocycles. The van der Waals surface area contributed by atoms with Crippen molar-refractivity contribution >= 4 is 0 Å². The number of rotatable bonds is 4. The smallest absolute Gasteiger partial charge is 0.164 e. The first-order valence-electron chi connectivity index (χ1n) is 3.76. The van der Waals surface area contributed by atoms with E-state index in [1.54, 1.807) is 4.68 Å². The highest BCUT2D eigenvalue weighted by molar-refractivity contribution is 4.77. The fraction of sp³-hybridized carbons (Fsp3) is 0.833. The van der Waals surface area contributed by atoms with Crippen LogP contribution in [-0.4, -0.2) is 26.8 Å². The summed E-state index contributed by atoms with van der Waals surface area (Å²) in [6, 6.07) is 0. The average Bonchev–Trinajstić information content (AvgIpc) is 2.37. The van der Waals surface area contributed by atoms with Gasteiger partial charge in [0.2, 0.25) is 0 Å². The number of hydrogen-bond acceptors (Lipinski definition) is 4. The number of nitrogens with zero attached hydrogens (tertiary/aromatic N) is 4. The van der Waals surface area contributed by atoms with Gasteiger partial charge in [0.15, 0.2) is 5.82 Å². The fourth-order valence-corrected chi connectivity index (χ4v) is 0.775. The van der Waals surface area contributed by atoms with Crippen molar-refractivity contribution in [1.29, 1.82) is 0 Å². The van der Waals surface area contributed by atoms with E-state index in [4.69, 9.17) is 0 Å². The van der Waals surface area contributed by atoms with Crippen molar-refractivity contribution in [3.8, 4) is 0 Å². The molecule has 0 unspecified atom stereocenters. The molecule has 5 nitrogen and oxygen atoms in total. The average molecular weight is 155 g/mol. The Balaban J connectivity index is 2.32. The van der Waals surface area contributed by atoms with Gasteiger partial charge < -0.3 is 5.32 Å². The van der Waals surface area contributed by atoms with Gasteiger partial charge in [-0.1, -0.05) is 6.92 Å². The quantitative estimate of drug-likeness (QED) is 0.607. The molecule has 0 radical (unpaired) electrons. The van der Waals surface area contributed by atoms with E-state index < -0.39 is 0 Å². The van der Waals surface area contributed by atoms with Crippen LogP contribution in [0.2, 0.25) is 0 Å². The van der Waals surface area contributed by atoms with Crippen LogP contribution in [0.25, 0.3) is 0 Å². The minimum Gasteiger partial charge on any atom is -0.310 e. The van der Waals surface area contributed by atoms with Crippen LogP contribution in [0.4, 0.5) is 0 Å². The molecular formula is C6H13N5. The Morgan fingerprint density at radius 1 is 1.55 bits per heavy atom. The molecule has 0 saturated carbocycles. The lowest BCUT2D eigenvalue weighted by Gasteiger charge is -1.99. The zero-order valence-electron chi connectivity index (χ0n) is 6.91. The molecular weight excluding hydrogens is 142 g/mol. The molecule has 1 heterocycles. The summed E-state index contributed by atoms with van der Waals surface area (Å²) in [5.41, 5.74) is 0. The summed E-state index contributed by atoms with van der Waals surface area (Å²) in [4.78, 5) is 0. The van der Waals surface area contributed by atoms with Crippen LogP contribution in [0.1, 0.15) is 19.2 Å². The molecule has 62 valence electrons. The Kier molecular flexibility index (Phi) is 2.97. The Hall–Kier alpha value is -0.970. The molecule has 0 bridgehead atoms. The van der Waals surface area contributed by atoms with E-state index in [1.165, 1.54) is 0 Å². The highest BCUT2D eigenvalue weighted by Gasteiger charge is 1.98. The zero-order chi connectivity index (χ0) is 8.10. The first-order chi connectivity index (χ1) is 5.34. The zero-order valence-corrected chi connectivity index (χ0v) is 6.91. The van der Waals surface area contributed by atoms with Gasteiger partial charge in [0.25, 0.3) is 0 Å². The monoisotopic (exact) mass is 155 g/mol. The first-order valence-corrected chi connectivity index (χ1v) is 3.76. The molecule has 0 aliphatic rings. The van der Waals surface area contributed by atoms with Crippen molar-refractivity contribution in [2.75, 3.05) is 6.54 Å². The lowest BCUT2D eigenvalue weighted by Crippen LogP contribution is -2.17. The molecule has 0 aromatic carbocycles. The Morgan fingerprint density at radius 2 is 2.36 bits per heavy atom. The van der Waals surface area contributed by atoms with E-state index in [-0.39, 0.29) is 0 Å². The maximum Gasteiger partial charge on any atom is 0.164 e. The van der Waals surface area contributed by atoms with Crippen LogP contribution in [-0.2, 0) is 13.6 Å². The number of tetrazole rings is 1. The van der Waals surface area contributed by atoms with Gasteiger partial charge >= 0.3 is 0 Å². The topological polar surface area (TPSA) is 55.6 Å².